The summed E-state index contributed by atoms with van der Waals surface area (Å²) in [6.07, 6.45) is 2.97. The quantitative estimate of drug-likeness (QED) is 0.497. The molecular weight excluding hydrogens is 406 g/mol. The number of carbonyl (C=O) groups is 1. The maximum absolute atomic E-state index is 12.8. The Morgan fingerprint density at radius 1 is 1.12 bits per heavy atom. The molecule has 0 aliphatic carbocycles. The molecule has 0 saturated carbocycles. The van der Waals surface area contributed by atoms with E-state index < -0.39 is 5.69 Å². The molecule has 0 saturated heterocycles. The zero-order valence-corrected chi connectivity index (χ0v) is 18.5. The van der Waals surface area contributed by atoms with Crippen LogP contribution in [-0.4, -0.2) is 25.1 Å². The smallest absolute Gasteiger partial charge is 0.351 e. The minimum absolute atomic E-state index is 0.196. The molecule has 0 atom stereocenters. The van der Waals surface area contributed by atoms with Crippen LogP contribution in [0.5, 0.6) is 11.6 Å². The molecule has 0 fully saturated rings. The molecule has 2 heterocycles. The second-order valence-electron chi connectivity index (χ2n) is 7.99. The largest absolute Gasteiger partial charge is 0.436 e. The maximum atomic E-state index is 12.8. The van der Waals surface area contributed by atoms with Crippen LogP contribution in [0.3, 0.4) is 0 Å². The summed E-state index contributed by atoms with van der Waals surface area (Å²) in [5.41, 5.74) is 3.70. The van der Waals surface area contributed by atoms with E-state index in [1.807, 2.05) is 56.3 Å². The van der Waals surface area contributed by atoms with Crippen LogP contribution in [0.4, 0.5) is 5.69 Å². The topological polar surface area (TPSA) is 90.5 Å². The minimum Gasteiger partial charge on any atom is -0.436 e. The summed E-state index contributed by atoms with van der Waals surface area (Å²) >= 11 is 0. The van der Waals surface area contributed by atoms with E-state index in [1.54, 1.807) is 0 Å². The number of hydrogen-bond acceptors (Lipinski definition) is 5. The zero-order valence-electron chi connectivity index (χ0n) is 18.5. The van der Waals surface area contributed by atoms with E-state index in [2.05, 4.69) is 29.2 Å². The van der Waals surface area contributed by atoms with Crippen LogP contribution in [0.15, 0.2) is 59.7 Å². The van der Waals surface area contributed by atoms with Gasteiger partial charge in [-0.2, -0.15) is 0 Å². The number of aromatic nitrogens is 4. The number of fused-ring (bicyclic) bond motifs is 1. The molecule has 0 bridgehead atoms. The van der Waals surface area contributed by atoms with Crippen LogP contribution in [0.2, 0.25) is 0 Å². The first-order chi connectivity index (χ1) is 15.3. The molecule has 2 aromatic carbocycles. The molecule has 0 radical (unpaired) electrons. The number of aryl methyl sites for hydroxylation is 1. The van der Waals surface area contributed by atoms with Gasteiger partial charge in [0.05, 0.1) is 0 Å². The Balaban J connectivity index is 1.57. The van der Waals surface area contributed by atoms with Crippen molar-refractivity contribution in [2.45, 2.75) is 40.2 Å². The lowest BCUT2D eigenvalue weighted by atomic mass is 10.0. The van der Waals surface area contributed by atoms with Gasteiger partial charge in [0.15, 0.2) is 0 Å². The van der Waals surface area contributed by atoms with Crippen LogP contribution in [0.25, 0.3) is 5.65 Å². The van der Waals surface area contributed by atoms with Crippen molar-refractivity contribution in [3.8, 4) is 11.6 Å². The Kier molecular flexibility index (Phi) is 5.77. The van der Waals surface area contributed by atoms with Crippen LogP contribution >= 0.6 is 0 Å². The highest BCUT2D eigenvalue weighted by Crippen LogP contribution is 2.27. The molecule has 1 amide bonds. The Morgan fingerprint density at radius 2 is 1.88 bits per heavy atom. The average molecular weight is 431 g/mol. The molecule has 0 unspecified atom stereocenters. The third-order valence-corrected chi connectivity index (χ3v) is 5.39. The molecular formula is C24H25N5O3. The van der Waals surface area contributed by atoms with Gasteiger partial charge in [-0.1, -0.05) is 38.1 Å². The van der Waals surface area contributed by atoms with Gasteiger partial charge in [0.2, 0.25) is 11.6 Å². The van der Waals surface area contributed by atoms with Gasteiger partial charge in [0.25, 0.3) is 5.88 Å². The first-order valence-corrected chi connectivity index (χ1v) is 10.4. The van der Waals surface area contributed by atoms with E-state index in [4.69, 9.17) is 4.74 Å². The molecule has 0 aliphatic heterocycles. The number of anilines is 1. The third-order valence-electron chi connectivity index (χ3n) is 5.39. The normalized spacial score (nSPS) is 11.2. The Hall–Kier alpha value is -3.94. The van der Waals surface area contributed by atoms with E-state index in [9.17, 15) is 9.59 Å². The van der Waals surface area contributed by atoms with Gasteiger partial charge >= 0.3 is 5.69 Å². The van der Waals surface area contributed by atoms with Crippen LogP contribution in [-0.2, 0) is 11.3 Å². The van der Waals surface area contributed by atoms with E-state index in [1.165, 1.54) is 22.4 Å². The Morgan fingerprint density at radius 3 is 2.59 bits per heavy atom. The van der Waals surface area contributed by atoms with Crippen molar-refractivity contribution < 1.29 is 9.53 Å². The first kappa shape index (κ1) is 21.3. The molecule has 8 heteroatoms. The standard InChI is InChI=1S/C24H25N5O3/c1-15(2)18-8-10-19(11-9-18)26-21(30)14-29-24(31)28-13-12-25-23(22(28)27-29)32-20-7-5-6-16(3)17(20)4/h5-13,15H,14H2,1-4H3,(H,26,30). The van der Waals surface area contributed by atoms with Crippen LogP contribution in [0, 0.1) is 13.8 Å². The fourth-order valence-corrected chi connectivity index (χ4v) is 3.33. The SMILES string of the molecule is Cc1cccc(Oc2nccn3c(=O)n(CC(=O)Nc4ccc(C(C)C)cc4)nc23)c1C. The summed E-state index contributed by atoms with van der Waals surface area (Å²) in [6.45, 7) is 7.93. The van der Waals surface area contributed by atoms with Crippen molar-refractivity contribution in [1.82, 2.24) is 19.2 Å². The highest BCUT2D eigenvalue weighted by atomic mass is 16.5. The Bertz CT molecular complexity index is 1340. The molecule has 4 aromatic rings. The summed E-state index contributed by atoms with van der Waals surface area (Å²) in [4.78, 5) is 29.5. The van der Waals surface area contributed by atoms with Crippen LogP contribution in [0.1, 0.15) is 36.5 Å². The molecule has 4 rings (SSSR count). The number of amides is 1. The second-order valence-corrected chi connectivity index (χ2v) is 7.99. The van der Waals surface area contributed by atoms with Crippen molar-refractivity contribution in [3.63, 3.8) is 0 Å². The van der Waals surface area contributed by atoms with Crippen molar-refractivity contribution in [2.24, 2.45) is 0 Å². The first-order valence-electron chi connectivity index (χ1n) is 10.4. The lowest BCUT2D eigenvalue weighted by molar-refractivity contribution is -0.117. The summed E-state index contributed by atoms with van der Waals surface area (Å²) in [6, 6.07) is 13.4. The van der Waals surface area contributed by atoms with Crippen molar-refractivity contribution in [2.75, 3.05) is 5.32 Å². The van der Waals surface area contributed by atoms with Gasteiger partial charge in [0.1, 0.15) is 12.3 Å². The van der Waals surface area contributed by atoms with Gasteiger partial charge in [-0.3, -0.25) is 4.79 Å². The summed E-state index contributed by atoms with van der Waals surface area (Å²) in [5, 5.41) is 7.10. The van der Waals surface area contributed by atoms with Gasteiger partial charge in [0, 0.05) is 18.1 Å². The number of hydrogen-bond donors (Lipinski definition) is 1. The molecule has 0 spiro atoms. The highest BCUT2D eigenvalue weighted by molar-refractivity contribution is 5.90. The predicted molar refractivity (Wildman–Crippen MR) is 122 cm³/mol. The number of carbonyl (C=O) groups excluding carboxylic acids is 1. The number of nitrogens with one attached hydrogen (secondary N) is 1. The monoisotopic (exact) mass is 431 g/mol. The lowest BCUT2D eigenvalue weighted by Crippen LogP contribution is -2.28. The highest BCUT2D eigenvalue weighted by Gasteiger charge is 2.16. The van der Waals surface area contributed by atoms with Crippen molar-refractivity contribution in [1.29, 1.82) is 0 Å². The number of nitrogens with zero attached hydrogens (tertiary/aromatic N) is 4. The zero-order chi connectivity index (χ0) is 22.8. The third kappa shape index (κ3) is 4.25. The fraction of sp³-hybridized carbons (Fsp3) is 0.250. The molecule has 1 N–H and O–H groups in total. The molecule has 8 nitrogen and oxygen atoms in total. The number of ether oxygens (including phenoxy) is 1. The van der Waals surface area contributed by atoms with E-state index >= 15 is 0 Å². The fourth-order valence-electron chi connectivity index (χ4n) is 3.33. The maximum Gasteiger partial charge on any atom is 0.351 e. The van der Waals surface area contributed by atoms with E-state index in [-0.39, 0.29) is 24.0 Å². The van der Waals surface area contributed by atoms with Gasteiger partial charge < -0.3 is 10.1 Å². The lowest BCUT2D eigenvalue weighted by Gasteiger charge is -2.09. The summed E-state index contributed by atoms with van der Waals surface area (Å²) < 4.78 is 8.38. The van der Waals surface area contributed by atoms with E-state index in [0.29, 0.717) is 17.4 Å². The molecule has 0 aliphatic rings. The number of benzene rings is 2. The van der Waals surface area contributed by atoms with Gasteiger partial charge in [-0.05, 0) is 54.7 Å². The molecule has 32 heavy (non-hydrogen) atoms. The summed E-state index contributed by atoms with van der Waals surface area (Å²) in [5.74, 6) is 0.889. The second kappa shape index (κ2) is 8.66. The van der Waals surface area contributed by atoms with Gasteiger partial charge in [-0.25, -0.2) is 18.9 Å². The van der Waals surface area contributed by atoms with Crippen molar-refractivity contribution in [3.05, 3.63) is 82.0 Å². The van der Waals surface area contributed by atoms with E-state index in [0.717, 1.165) is 15.8 Å². The summed E-state index contributed by atoms with van der Waals surface area (Å²) in [7, 11) is 0. The minimum atomic E-state index is -0.446. The van der Waals surface area contributed by atoms with Crippen LogP contribution < -0.4 is 15.7 Å². The predicted octanol–water partition coefficient (Wildman–Crippen LogP) is 4.06. The average Bonchev–Trinajstić information content (AvgIpc) is 3.08. The molecule has 164 valence electrons. The Labute approximate surface area is 185 Å². The molecule has 2 aromatic heterocycles. The number of rotatable bonds is 6. The van der Waals surface area contributed by atoms with Crippen molar-refractivity contribution >= 4 is 17.2 Å². The van der Waals surface area contributed by atoms with Gasteiger partial charge in [-0.15, -0.1) is 5.10 Å².